The van der Waals surface area contributed by atoms with Gasteiger partial charge in [0.1, 0.15) is 17.3 Å². The summed E-state index contributed by atoms with van der Waals surface area (Å²) in [6.07, 6.45) is 1.56. The SMILES string of the molecule is COc1ccc(F)c(F)c1C1CC(=O)Nc2c1c(-c1ccccn1)nn2C. The van der Waals surface area contributed by atoms with Gasteiger partial charge in [-0.15, -0.1) is 0 Å². The molecule has 1 unspecified atom stereocenters. The average Bonchev–Trinajstić information content (AvgIpc) is 3.00. The molecule has 3 heterocycles. The number of benzene rings is 1. The standard InChI is InChI=1S/C19H16F2N4O2/c1-25-19-16(18(24-25)12-5-3-4-8-22-12)10(9-14(26)23-19)15-13(27-2)7-6-11(20)17(15)21/h3-8,10H,9H2,1-2H3,(H,23,26). The van der Waals surface area contributed by atoms with Gasteiger partial charge in [0.25, 0.3) is 0 Å². The molecule has 2 aromatic heterocycles. The Hall–Kier alpha value is -3.29. The second-order valence-electron chi connectivity index (χ2n) is 6.23. The first-order valence-corrected chi connectivity index (χ1v) is 8.31. The summed E-state index contributed by atoms with van der Waals surface area (Å²) in [7, 11) is 3.05. The predicted molar refractivity (Wildman–Crippen MR) is 94.4 cm³/mol. The van der Waals surface area contributed by atoms with Crippen LogP contribution in [0.2, 0.25) is 0 Å². The largest absolute Gasteiger partial charge is 0.496 e. The van der Waals surface area contributed by atoms with E-state index >= 15 is 0 Å². The molecule has 1 atom stereocenters. The van der Waals surface area contributed by atoms with Gasteiger partial charge in [-0.25, -0.2) is 8.78 Å². The number of hydrogen-bond acceptors (Lipinski definition) is 4. The molecule has 0 fully saturated rings. The molecule has 8 heteroatoms. The zero-order chi connectivity index (χ0) is 19.1. The van der Waals surface area contributed by atoms with Crippen molar-refractivity contribution in [1.29, 1.82) is 0 Å². The quantitative estimate of drug-likeness (QED) is 0.769. The topological polar surface area (TPSA) is 69.0 Å². The monoisotopic (exact) mass is 370 g/mol. The summed E-state index contributed by atoms with van der Waals surface area (Å²) in [6, 6.07) is 7.72. The van der Waals surface area contributed by atoms with Crippen molar-refractivity contribution in [3.63, 3.8) is 0 Å². The van der Waals surface area contributed by atoms with Crippen LogP contribution in [0, 0.1) is 11.6 Å². The van der Waals surface area contributed by atoms with Crippen LogP contribution in [0.3, 0.4) is 0 Å². The number of hydrogen-bond donors (Lipinski definition) is 1. The van der Waals surface area contributed by atoms with Crippen LogP contribution >= 0.6 is 0 Å². The number of ether oxygens (including phenoxy) is 1. The van der Waals surface area contributed by atoms with Gasteiger partial charge < -0.3 is 10.1 Å². The molecule has 0 spiro atoms. The van der Waals surface area contributed by atoms with E-state index in [0.29, 0.717) is 22.8 Å². The number of nitrogens with zero attached hydrogens (tertiary/aromatic N) is 3. The van der Waals surface area contributed by atoms with Crippen LogP contribution in [0.15, 0.2) is 36.5 Å². The summed E-state index contributed by atoms with van der Waals surface area (Å²) in [5.74, 6) is -2.49. The number of carbonyl (C=O) groups excluding carboxylic acids is 1. The van der Waals surface area contributed by atoms with Gasteiger partial charge in [0.05, 0.1) is 12.8 Å². The Morgan fingerprint density at radius 3 is 2.74 bits per heavy atom. The average molecular weight is 370 g/mol. The van der Waals surface area contributed by atoms with Gasteiger partial charge >= 0.3 is 0 Å². The van der Waals surface area contributed by atoms with Crippen molar-refractivity contribution in [2.75, 3.05) is 12.4 Å². The van der Waals surface area contributed by atoms with Gasteiger partial charge in [-0.2, -0.15) is 5.10 Å². The van der Waals surface area contributed by atoms with Crippen LogP contribution in [-0.4, -0.2) is 27.8 Å². The lowest BCUT2D eigenvalue weighted by Crippen LogP contribution is -2.25. The number of aryl methyl sites for hydroxylation is 1. The Kier molecular flexibility index (Phi) is 4.10. The van der Waals surface area contributed by atoms with Crippen molar-refractivity contribution in [2.45, 2.75) is 12.3 Å². The van der Waals surface area contributed by atoms with E-state index in [0.717, 1.165) is 6.07 Å². The lowest BCUT2D eigenvalue weighted by Gasteiger charge is -2.26. The molecule has 0 saturated heterocycles. The highest BCUT2D eigenvalue weighted by atomic mass is 19.2. The number of halogens is 2. The fraction of sp³-hybridized carbons (Fsp3) is 0.211. The Morgan fingerprint density at radius 1 is 1.22 bits per heavy atom. The van der Waals surface area contributed by atoms with Crippen LogP contribution < -0.4 is 10.1 Å². The van der Waals surface area contributed by atoms with Gasteiger partial charge in [-0.05, 0) is 24.3 Å². The van der Waals surface area contributed by atoms with Crippen molar-refractivity contribution in [2.24, 2.45) is 7.05 Å². The van der Waals surface area contributed by atoms with Gasteiger partial charge in [0, 0.05) is 36.7 Å². The smallest absolute Gasteiger partial charge is 0.226 e. The maximum absolute atomic E-state index is 14.8. The van der Waals surface area contributed by atoms with Crippen LogP contribution in [-0.2, 0) is 11.8 Å². The van der Waals surface area contributed by atoms with Crippen molar-refractivity contribution in [3.05, 3.63) is 59.3 Å². The Balaban J connectivity index is 2.00. The second kappa shape index (κ2) is 6.46. The number of carbonyl (C=O) groups is 1. The lowest BCUT2D eigenvalue weighted by atomic mass is 9.84. The molecular formula is C19H16F2N4O2. The fourth-order valence-corrected chi connectivity index (χ4v) is 3.48. The van der Waals surface area contributed by atoms with E-state index in [2.05, 4.69) is 15.4 Å². The molecule has 3 aromatic rings. The first-order valence-electron chi connectivity index (χ1n) is 8.31. The zero-order valence-electron chi connectivity index (χ0n) is 14.7. The molecule has 1 N–H and O–H groups in total. The Morgan fingerprint density at radius 2 is 2.04 bits per heavy atom. The van der Waals surface area contributed by atoms with E-state index < -0.39 is 17.6 Å². The van der Waals surface area contributed by atoms with E-state index in [1.165, 1.54) is 17.9 Å². The number of fused-ring (bicyclic) bond motifs is 1. The van der Waals surface area contributed by atoms with E-state index in [1.54, 1.807) is 25.4 Å². The zero-order valence-corrected chi connectivity index (χ0v) is 14.7. The molecule has 1 aliphatic heterocycles. The molecular weight excluding hydrogens is 354 g/mol. The van der Waals surface area contributed by atoms with Crippen molar-refractivity contribution in [1.82, 2.24) is 14.8 Å². The van der Waals surface area contributed by atoms with E-state index in [-0.39, 0.29) is 23.6 Å². The highest BCUT2D eigenvalue weighted by Crippen LogP contribution is 2.45. The summed E-state index contributed by atoms with van der Waals surface area (Å²) in [5, 5.41) is 7.23. The molecule has 1 aliphatic rings. The summed E-state index contributed by atoms with van der Waals surface area (Å²) in [4.78, 5) is 16.6. The van der Waals surface area contributed by atoms with Gasteiger partial charge in [0.2, 0.25) is 5.91 Å². The van der Waals surface area contributed by atoms with Crippen LogP contribution in [0.5, 0.6) is 5.75 Å². The third kappa shape index (κ3) is 2.73. The first kappa shape index (κ1) is 17.1. The summed E-state index contributed by atoms with van der Waals surface area (Å²) < 4.78 is 35.5. The molecule has 138 valence electrons. The molecule has 4 rings (SSSR count). The Labute approximate surface area is 153 Å². The van der Waals surface area contributed by atoms with Gasteiger partial charge in [-0.3, -0.25) is 14.5 Å². The highest BCUT2D eigenvalue weighted by molar-refractivity contribution is 5.96. The molecule has 0 bridgehead atoms. The summed E-state index contributed by atoms with van der Waals surface area (Å²) >= 11 is 0. The molecule has 1 aromatic carbocycles. The highest BCUT2D eigenvalue weighted by Gasteiger charge is 2.37. The van der Waals surface area contributed by atoms with E-state index in [1.807, 2.05) is 6.07 Å². The second-order valence-corrected chi connectivity index (χ2v) is 6.23. The van der Waals surface area contributed by atoms with Gasteiger partial charge in [0.15, 0.2) is 11.6 Å². The van der Waals surface area contributed by atoms with Crippen LogP contribution in [0.4, 0.5) is 14.6 Å². The third-order valence-electron chi connectivity index (χ3n) is 4.65. The van der Waals surface area contributed by atoms with Gasteiger partial charge in [-0.1, -0.05) is 6.07 Å². The molecule has 1 amide bonds. The molecule has 0 saturated carbocycles. The number of aromatic nitrogens is 3. The van der Waals surface area contributed by atoms with E-state index in [4.69, 9.17) is 4.74 Å². The van der Waals surface area contributed by atoms with Crippen molar-refractivity contribution >= 4 is 11.7 Å². The minimum Gasteiger partial charge on any atom is -0.496 e. The fourth-order valence-electron chi connectivity index (χ4n) is 3.48. The maximum Gasteiger partial charge on any atom is 0.226 e. The van der Waals surface area contributed by atoms with Crippen LogP contribution in [0.25, 0.3) is 11.4 Å². The number of rotatable bonds is 3. The molecule has 0 aliphatic carbocycles. The molecule has 6 nitrogen and oxygen atoms in total. The van der Waals surface area contributed by atoms with Crippen molar-refractivity contribution < 1.29 is 18.3 Å². The lowest BCUT2D eigenvalue weighted by molar-refractivity contribution is -0.116. The normalized spacial score (nSPS) is 16.0. The van der Waals surface area contributed by atoms with Crippen LogP contribution in [0.1, 0.15) is 23.5 Å². The maximum atomic E-state index is 14.8. The molecule has 27 heavy (non-hydrogen) atoms. The number of amides is 1. The Bertz CT molecular complexity index is 1030. The number of nitrogens with one attached hydrogen (secondary N) is 1. The third-order valence-corrected chi connectivity index (χ3v) is 4.65. The summed E-state index contributed by atoms with van der Waals surface area (Å²) in [5.41, 5.74) is 1.66. The number of pyridine rings is 1. The van der Waals surface area contributed by atoms with Crippen molar-refractivity contribution in [3.8, 4) is 17.1 Å². The number of methoxy groups -OCH3 is 1. The number of anilines is 1. The van der Waals surface area contributed by atoms with E-state index in [9.17, 15) is 13.6 Å². The predicted octanol–water partition coefficient (Wildman–Crippen LogP) is 3.24. The minimum absolute atomic E-state index is 0.00113. The first-order chi connectivity index (χ1) is 13.0. The minimum atomic E-state index is -1.03. The summed E-state index contributed by atoms with van der Waals surface area (Å²) in [6.45, 7) is 0. The molecule has 0 radical (unpaired) electrons.